The number of nitrogens with zero attached hydrogens (tertiary/aromatic N) is 2. The second kappa shape index (κ2) is 6.02. The van der Waals surface area contributed by atoms with E-state index in [1.165, 1.54) is 4.90 Å². The Kier molecular flexibility index (Phi) is 4.39. The van der Waals surface area contributed by atoms with Crippen LogP contribution in [0.25, 0.3) is 0 Å². The quantitative estimate of drug-likeness (QED) is 0.876. The summed E-state index contributed by atoms with van der Waals surface area (Å²) in [5.41, 5.74) is 0. The Bertz CT molecular complexity index is 490. The van der Waals surface area contributed by atoms with Gasteiger partial charge in [-0.2, -0.15) is 0 Å². The molecule has 1 aromatic carbocycles. The SMILES string of the molecule is CNc1nc(CSc2ccccc2)ncc1Br. The molecule has 0 amide bonds. The van der Waals surface area contributed by atoms with Crippen molar-refractivity contribution in [3.8, 4) is 0 Å². The molecule has 0 spiro atoms. The molecule has 1 heterocycles. The van der Waals surface area contributed by atoms with Gasteiger partial charge in [0, 0.05) is 18.1 Å². The average molecular weight is 310 g/mol. The molecule has 5 heteroatoms. The number of hydrogen-bond acceptors (Lipinski definition) is 4. The van der Waals surface area contributed by atoms with Gasteiger partial charge in [0.1, 0.15) is 11.6 Å². The minimum Gasteiger partial charge on any atom is -0.372 e. The van der Waals surface area contributed by atoms with Gasteiger partial charge in [-0.3, -0.25) is 0 Å². The second-order valence-corrected chi connectivity index (χ2v) is 5.24. The van der Waals surface area contributed by atoms with Gasteiger partial charge in [-0.05, 0) is 28.1 Å². The normalized spacial score (nSPS) is 10.2. The molecule has 0 aliphatic carbocycles. The van der Waals surface area contributed by atoms with Crippen molar-refractivity contribution in [2.24, 2.45) is 0 Å². The number of anilines is 1. The molecule has 0 aliphatic rings. The Morgan fingerprint density at radius 2 is 2.06 bits per heavy atom. The summed E-state index contributed by atoms with van der Waals surface area (Å²) in [5.74, 6) is 2.42. The van der Waals surface area contributed by atoms with Crippen molar-refractivity contribution in [3.05, 3.63) is 46.8 Å². The number of thioether (sulfide) groups is 1. The Morgan fingerprint density at radius 3 is 2.76 bits per heavy atom. The van der Waals surface area contributed by atoms with Crippen molar-refractivity contribution in [1.29, 1.82) is 0 Å². The first-order valence-corrected chi connectivity index (χ1v) is 6.94. The first-order chi connectivity index (χ1) is 8.29. The molecular weight excluding hydrogens is 298 g/mol. The van der Waals surface area contributed by atoms with Crippen molar-refractivity contribution in [2.75, 3.05) is 12.4 Å². The van der Waals surface area contributed by atoms with Crippen LogP contribution < -0.4 is 5.32 Å². The first kappa shape index (κ1) is 12.4. The minimum absolute atomic E-state index is 0.770. The van der Waals surface area contributed by atoms with E-state index in [0.29, 0.717) is 0 Å². The Hall–Kier alpha value is -1.07. The molecule has 1 aromatic heterocycles. The summed E-state index contributed by atoms with van der Waals surface area (Å²) >= 11 is 5.12. The van der Waals surface area contributed by atoms with E-state index in [4.69, 9.17) is 0 Å². The molecule has 0 aliphatic heterocycles. The number of benzene rings is 1. The molecule has 0 atom stereocenters. The highest BCUT2D eigenvalue weighted by Crippen LogP contribution is 2.23. The molecule has 0 fully saturated rings. The third-order valence-corrected chi connectivity index (χ3v) is 3.73. The van der Waals surface area contributed by atoms with Gasteiger partial charge >= 0.3 is 0 Å². The third-order valence-electron chi connectivity index (χ3n) is 2.14. The predicted molar refractivity (Wildman–Crippen MR) is 75.3 cm³/mol. The number of aromatic nitrogens is 2. The summed E-state index contributed by atoms with van der Waals surface area (Å²) in [6.45, 7) is 0. The van der Waals surface area contributed by atoms with Gasteiger partial charge in [0.15, 0.2) is 0 Å². The molecule has 2 rings (SSSR count). The molecule has 0 unspecified atom stereocenters. The zero-order valence-electron chi connectivity index (χ0n) is 9.35. The maximum absolute atomic E-state index is 4.42. The predicted octanol–water partition coefficient (Wildman–Crippen LogP) is 3.57. The molecule has 1 N–H and O–H groups in total. The van der Waals surface area contributed by atoms with Crippen LogP contribution in [-0.2, 0) is 5.75 Å². The van der Waals surface area contributed by atoms with E-state index in [-0.39, 0.29) is 0 Å². The van der Waals surface area contributed by atoms with Crippen LogP contribution in [0.15, 0.2) is 45.9 Å². The summed E-state index contributed by atoms with van der Waals surface area (Å²) < 4.78 is 0.883. The highest BCUT2D eigenvalue weighted by molar-refractivity contribution is 9.10. The fourth-order valence-corrected chi connectivity index (χ4v) is 2.49. The van der Waals surface area contributed by atoms with Crippen molar-refractivity contribution >= 4 is 33.5 Å². The fraction of sp³-hybridized carbons (Fsp3) is 0.167. The van der Waals surface area contributed by atoms with Crippen LogP contribution in [0, 0.1) is 0 Å². The van der Waals surface area contributed by atoms with Crippen LogP contribution in [0.3, 0.4) is 0 Å². The maximum Gasteiger partial charge on any atom is 0.143 e. The van der Waals surface area contributed by atoms with Crippen LogP contribution >= 0.6 is 27.7 Å². The summed E-state index contributed by atoms with van der Waals surface area (Å²) in [6, 6.07) is 10.2. The monoisotopic (exact) mass is 309 g/mol. The Labute approximate surface area is 113 Å². The number of hydrogen-bond donors (Lipinski definition) is 1. The van der Waals surface area contributed by atoms with E-state index in [9.17, 15) is 0 Å². The summed E-state index contributed by atoms with van der Waals surface area (Å²) in [6.07, 6.45) is 1.78. The zero-order chi connectivity index (χ0) is 12.1. The summed E-state index contributed by atoms with van der Waals surface area (Å²) in [4.78, 5) is 9.93. The molecule has 0 saturated carbocycles. The molecule has 0 bridgehead atoms. The van der Waals surface area contributed by atoms with E-state index in [1.807, 2.05) is 25.2 Å². The molecule has 2 aromatic rings. The standard InChI is InChI=1S/C12H12BrN3S/c1-14-12-10(13)7-15-11(16-12)8-17-9-5-3-2-4-6-9/h2-7H,8H2,1H3,(H,14,15,16). The van der Waals surface area contributed by atoms with Crippen LogP contribution in [0.5, 0.6) is 0 Å². The van der Waals surface area contributed by atoms with Crippen molar-refractivity contribution in [2.45, 2.75) is 10.6 Å². The maximum atomic E-state index is 4.42. The van der Waals surface area contributed by atoms with Gasteiger partial charge in [0.25, 0.3) is 0 Å². The van der Waals surface area contributed by atoms with Crippen LogP contribution in [0.4, 0.5) is 5.82 Å². The number of halogens is 1. The van der Waals surface area contributed by atoms with E-state index < -0.39 is 0 Å². The van der Waals surface area contributed by atoms with Crippen LogP contribution in [0.2, 0.25) is 0 Å². The Morgan fingerprint density at radius 1 is 1.29 bits per heavy atom. The molecule has 88 valence electrons. The van der Waals surface area contributed by atoms with Crippen molar-refractivity contribution < 1.29 is 0 Å². The lowest BCUT2D eigenvalue weighted by molar-refractivity contribution is 1.02. The summed E-state index contributed by atoms with van der Waals surface area (Å²) in [7, 11) is 1.85. The van der Waals surface area contributed by atoms with E-state index in [1.54, 1.807) is 18.0 Å². The van der Waals surface area contributed by atoms with Gasteiger partial charge < -0.3 is 5.32 Å². The lowest BCUT2D eigenvalue weighted by atomic mass is 10.4. The Balaban J connectivity index is 2.04. The highest BCUT2D eigenvalue weighted by atomic mass is 79.9. The minimum atomic E-state index is 0.770. The lowest BCUT2D eigenvalue weighted by Gasteiger charge is -2.05. The highest BCUT2D eigenvalue weighted by Gasteiger charge is 2.03. The molecule has 0 saturated heterocycles. The second-order valence-electron chi connectivity index (χ2n) is 3.33. The average Bonchev–Trinajstić information content (AvgIpc) is 2.39. The molecule has 17 heavy (non-hydrogen) atoms. The number of nitrogens with one attached hydrogen (secondary N) is 1. The van der Waals surface area contributed by atoms with Gasteiger partial charge in [-0.15, -0.1) is 11.8 Å². The van der Waals surface area contributed by atoms with Gasteiger partial charge in [-0.1, -0.05) is 18.2 Å². The van der Waals surface area contributed by atoms with Gasteiger partial charge in [0.2, 0.25) is 0 Å². The van der Waals surface area contributed by atoms with Crippen LogP contribution in [-0.4, -0.2) is 17.0 Å². The third kappa shape index (κ3) is 3.44. The fourth-order valence-electron chi connectivity index (χ4n) is 1.31. The molecule has 3 nitrogen and oxygen atoms in total. The van der Waals surface area contributed by atoms with Crippen LogP contribution in [0.1, 0.15) is 5.82 Å². The van der Waals surface area contributed by atoms with E-state index >= 15 is 0 Å². The zero-order valence-corrected chi connectivity index (χ0v) is 11.8. The van der Waals surface area contributed by atoms with Crippen molar-refractivity contribution in [3.63, 3.8) is 0 Å². The topological polar surface area (TPSA) is 37.8 Å². The lowest BCUT2D eigenvalue weighted by Crippen LogP contribution is -1.99. The van der Waals surface area contributed by atoms with Crippen molar-refractivity contribution in [1.82, 2.24) is 9.97 Å². The van der Waals surface area contributed by atoms with Gasteiger partial charge in [-0.25, -0.2) is 9.97 Å². The largest absolute Gasteiger partial charge is 0.372 e. The van der Waals surface area contributed by atoms with E-state index in [2.05, 4.69) is 43.3 Å². The molecule has 0 radical (unpaired) electrons. The van der Waals surface area contributed by atoms with E-state index in [0.717, 1.165) is 21.9 Å². The summed E-state index contributed by atoms with van der Waals surface area (Å²) in [5, 5.41) is 3.03. The smallest absolute Gasteiger partial charge is 0.143 e. The number of rotatable bonds is 4. The first-order valence-electron chi connectivity index (χ1n) is 5.16. The molecular formula is C12H12BrN3S. The van der Waals surface area contributed by atoms with Gasteiger partial charge in [0.05, 0.1) is 10.2 Å².